The summed E-state index contributed by atoms with van der Waals surface area (Å²) in [7, 11) is 3.53. The summed E-state index contributed by atoms with van der Waals surface area (Å²) in [5, 5.41) is 10.7. The highest BCUT2D eigenvalue weighted by Gasteiger charge is 2.46. The number of oxime groups is 1. The molecule has 2 aliphatic heterocycles. The zero-order valence-corrected chi connectivity index (χ0v) is 11.8. The summed E-state index contributed by atoms with van der Waals surface area (Å²) in [6.07, 6.45) is 5.40. The normalized spacial score (nSPS) is 25.8. The second kappa shape index (κ2) is 4.90. The van der Waals surface area contributed by atoms with Gasteiger partial charge in [0.15, 0.2) is 5.60 Å². The number of nitrogens with one attached hydrogen (secondary N) is 1. The summed E-state index contributed by atoms with van der Waals surface area (Å²) in [5.74, 6) is -0.146. The summed E-state index contributed by atoms with van der Waals surface area (Å²) < 4.78 is 1.81. The van der Waals surface area contributed by atoms with E-state index in [2.05, 4.69) is 20.5 Å². The van der Waals surface area contributed by atoms with Crippen LogP contribution in [-0.4, -0.2) is 52.0 Å². The first-order chi connectivity index (χ1) is 9.60. The fourth-order valence-corrected chi connectivity index (χ4v) is 2.88. The fraction of sp³-hybridized carbons (Fsp3) is 0.615. The van der Waals surface area contributed by atoms with Gasteiger partial charge in [0.2, 0.25) is 0 Å². The SMILES string of the molecule is CNC(=O)C1=NOC2(CCN(Cc3cnn(C)c3)C2)C1. The van der Waals surface area contributed by atoms with Gasteiger partial charge in [-0.05, 0) is 0 Å². The number of amides is 1. The smallest absolute Gasteiger partial charge is 0.268 e. The maximum atomic E-state index is 11.6. The molecule has 0 radical (unpaired) electrons. The highest BCUT2D eigenvalue weighted by Crippen LogP contribution is 2.34. The molecule has 1 fully saturated rings. The van der Waals surface area contributed by atoms with E-state index < -0.39 is 0 Å². The number of rotatable bonds is 3. The average molecular weight is 277 g/mol. The topological polar surface area (TPSA) is 71.8 Å². The van der Waals surface area contributed by atoms with Crippen molar-refractivity contribution in [2.75, 3.05) is 20.1 Å². The molecule has 1 atom stereocenters. The molecule has 20 heavy (non-hydrogen) atoms. The van der Waals surface area contributed by atoms with E-state index >= 15 is 0 Å². The van der Waals surface area contributed by atoms with Crippen LogP contribution in [0.5, 0.6) is 0 Å². The lowest BCUT2D eigenvalue weighted by atomic mass is 9.96. The number of aryl methyl sites for hydroxylation is 1. The molecule has 108 valence electrons. The summed E-state index contributed by atoms with van der Waals surface area (Å²) in [6.45, 7) is 2.60. The molecule has 0 aliphatic carbocycles. The molecule has 1 saturated heterocycles. The second-order valence-corrected chi connectivity index (χ2v) is 5.55. The molecular formula is C13H19N5O2. The highest BCUT2D eigenvalue weighted by atomic mass is 16.7. The predicted octanol–water partition coefficient (Wildman–Crippen LogP) is -0.113. The summed E-state index contributed by atoms with van der Waals surface area (Å²) in [4.78, 5) is 19.5. The maximum Gasteiger partial charge on any atom is 0.268 e. The summed E-state index contributed by atoms with van der Waals surface area (Å²) in [5.41, 5.74) is 1.37. The first kappa shape index (κ1) is 13.1. The number of likely N-dealkylation sites (tertiary alicyclic amines) is 1. The molecule has 1 N–H and O–H groups in total. The first-order valence-electron chi connectivity index (χ1n) is 6.77. The van der Waals surface area contributed by atoms with Crippen molar-refractivity contribution in [1.29, 1.82) is 0 Å². The summed E-state index contributed by atoms with van der Waals surface area (Å²) in [6, 6.07) is 0. The Bertz CT molecular complexity index is 553. The third-order valence-corrected chi connectivity index (χ3v) is 3.89. The van der Waals surface area contributed by atoms with Gasteiger partial charge in [-0.25, -0.2) is 0 Å². The van der Waals surface area contributed by atoms with Crippen LogP contribution in [0.4, 0.5) is 0 Å². The Morgan fingerprint density at radius 2 is 2.45 bits per heavy atom. The monoisotopic (exact) mass is 277 g/mol. The van der Waals surface area contributed by atoms with E-state index in [0.29, 0.717) is 12.1 Å². The third kappa shape index (κ3) is 2.40. The highest BCUT2D eigenvalue weighted by molar-refractivity contribution is 6.39. The van der Waals surface area contributed by atoms with Crippen molar-refractivity contribution in [2.45, 2.75) is 25.0 Å². The van der Waals surface area contributed by atoms with Gasteiger partial charge in [0.05, 0.1) is 6.20 Å². The second-order valence-electron chi connectivity index (χ2n) is 5.55. The molecule has 7 nitrogen and oxygen atoms in total. The number of hydrogen-bond acceptors (Lipinski definition) is 5. The van der Waals surface area contributed by atoms with E-state index in [0.717, 1.165) is 26.1 Å². The quantitative estimate of drug-likeness (QED) is 0.836. The average Bonchev–Trinajstić information content (AvgIpc) is 3.13. The van der Waals surface area contributed by atoms with Crippen LogP contribution in [0, 0.1) is 0 Å². The van der Waals surface area contributed by atoms with Crippen molar-refractivity contribution in [3.63, 3.8) is 0 Å². The van der Waals surface area contributed by atoms with Gasteiger partial charge in [-0.15, -0.1) is 0 Å². The number of nitrogens with zero attached hydrogens (tertiary/aromatic N) is 4. The Hall–Kier alpha value is -1.89. The molecule has 0 bridgehead atoms. The van der Waals surface area contributed by atoms with Crippen LogP contribution >= 0.6 is 0 Å². The Morgan fingerprint density at radius 1 is 1.60 bits per heavy atom. The fourth-order valence-electron chi connectivity index (χ4n) is 2.88. The van der Waals surface area contributed by atoms with Crippen LogP contribution < -0.4 is 5.32 Å². The van der Waals surface area contributed by atoms with E-state index in [1.54, 1.807) is 11.7 Å². The molecule has 1 amide bonds. The van der Waals surface area contributed by atoms with Gasteiger partial charge in [-0.3, -0.25) is 14.4 Å². The van der Waals surface area contributed by atoms with Crippen molar-refractivity contribution in [3.05, 3.63) is 18.0 Å². The zero-order chi connectivity index (χ0) is 14.2. The van der Waals surface area contributed by atoms with E-state index in [9.17, 15) is 4.79 Å². The van der Waals surface area contributed by atoms with Crippen molar-refractivity contribution >= 4 is 11.6 Å². The third-order valence-electron chi connectivity index (χ3n) is 3.89. The molecule has 3 rings (SSSR count). The van der Waals surface area contributed by atoms with Crippen LogP contribution in [0.25, 0.3) is 0 Å². The lowest BCUT2D eigenvalue weighted by Crippen LogP contribution is -2.36. The van der Waals surface area contributed by atoms with Crippen molar-refractivity contribution in [3.8, 4) is 0 Å². The van der Waals surface area contributed by atoms with Crippen LogP contribution in [0.3, 0.4) is 0 Å². The number of carbonyl (C=O) groups is 1. The van der Waals surface area contributed by atoms with Gasteiger partial charge in [-0.1, -0.05) is 5.16 Å². The summed E-state index contributed by atoms with van der Waals surface area (Å²) >= 11 is 0. The molecule has 1 spiro atoms. The lowest BCUT2D eigenvalue weighted by molar-refractivity contribution is -0.114. The van der Waals surface area contributed by atoms with Crippen LogP contribution in [0.2, 0.25) is 0 Å². The molecule has 0 saturated carbocycles. The molecule has 1 unspecified atom stereocenters. The largest absolute Gasteiger partial charge is 0.387 e. The van der Waals surface area contributed by atoms with Crippen molar-refractivity contribution < 1.29 is 9.63 Å². The molecule has 1 aromatic rings. The predicted molar refractivity (Wildman–Crippen MR) is 73.0 cm³/mol. The van der Waals surface area contributed by atoms with Gasteiger partial charge >= 0.3 is 0 Å². The van der Waals surface area contributed by atoms with E-state index in [-0.39, 0.29) is 11.5 Å². The van der Waals surface area contributed by atoms with E-state index in [4.69, 9.17) is 4.84 Å². The maximum absolute atomic E-state index is 11.6. The Labute approximate surface area is 117 Å². The molecule has 0 aromatic carbocycles. The van der Waals surface area contributed by atoms with Gasteiger partial charge in [0.1, 0.15) is 5.71 Å². The molecular weight excluding hydrogens is 258 g/mol. The van der Waals surface area contributed by atoms with E-state index in [1.807, 2.05) is 19.4 Å². The zero-order valence-electron chi connectivity index (χ0n) is 11.8. The van der Waals surface area contributed by atoms with Crippen molar-refractivity contribution in [2.24, 2.45) is 12.2 Å². The van der Waals surface area contributed by atoms with Gasteiger partial charge in [-0.2, -0.15) is 5.10 Å². The number of aromatic nitrogens is 2. The first-order valence-corrected chi connectivity index (χ1v) is 6.77. The van der Waals surface area contributed by atoms with E-state index in [1.165, 1.54) is 5.56 Å². The van der Waals surface area contributed by atoms with Crippen molar-refractivity contribution in [1.82, 2.24) is 20.0 Å². The Morgan fingerprint density at radius 3 is 3.15 bits per heavy atom. The molecule has 1 aromatic heterocycles. The molecule has 7 heteroatoms. The Kier molecular flexibility index (Phi) is 3.21. The number of hydrogen-bond donors (Lipinski definition) is 1. The number of carbonyl (C=O) groups excluding carboxylic acids is 1. The molecule has 2 aliphatic rings. The lowest BCUT2D eigenvalue weighted by Gasteiger charge is -2.21. The standard InChI is InChI=1S/C13H19N5O2/c1-14-12(19)11-5-13(20-16-11)3-4-18(9-13)8-10-6-15-17(2)7-10/h6-7H,3-5,8-9H2,1-2H3,(H,14,19). The minimum absolute atomic E-state index is 0.146. The van der Waals surface area contributed by atoms with Gasteiger partial charge < -0.3 is 10.2 Å². The Balaban J connectivity index is 1.59. The molecule has 3 heterocycles. The van der Waals surface area contributed by atoms with Crippen LogP contribution in [0.1, 0.15) is 18.4 Å². The minimum atomic E-state index is -0.315. The minimum Gasteiger partial charge on any atom is -0.387 e. The van der Waals surface area contributed by atoms with Gasteiger partial charge in [0.25, 0.3) is 5.91 Å². The van der Waals surface area contributed by atoms with Crippen LogP contribution in [-0.2, 0) is 23.2 Å². The van der Waals surface area contributed by atoms with Gasteiger partial charge in [0, 0.05) is 58.3 Å². The van der Waals surface area contributed by atoms with Crippen LogP contribution in [0.15, 0.2) is 17.5 Å².